The van der Waals surface area contributed by atoms with Gasteiger partial charge in [0.2, 0.25) is 0 Å². The van der Waals surface area contributed by atoms with Crippen LogP contribution in [-0.2, 0) is 4.74 Å². The summed E-state index contributed by atoms with van der Waals surface area (Å²) in [6.07, 6.45) is 6.26. The van der Waals surface area contributed by atoms with Gasteiger partial charge in [0.05, 0.1) is 0 Å². The monoisotopic (exact) mass is 250 g/mol. The lowest BCUT2D eigenvalue weighted by molar-refractivity contribution is 0.0289. The molecule has 1 aliphatic carbocycles. The molecule has 5 heteroatoms. The molecule has 5 nitrogen and oxygen atoms in total. The summed E-state index contributed by atoms with van der Waals surface area (Å²) in [5.74, 6) is 7.35. The van der Waals surface area contributed by atoms with Crippen LogP contribution in [0.5, 0.6) is 0 Å². The Bertz CT molecular complexity index is 391. The van der Waals surface area contributed by atoms with E-state index in [1.54, 1.807) is 7.11 Å². The SMILES string of the molecule is COC(c1nc(C)cc(NN)n1)C1CCCCC1. The van der Waals surface area contributed by atoms with Crippen LogP contribution in [0.4, 0.5) is 5.82 Å². The fourth-order valence-corrected chi connectivity index (χ4v) is 2.74. The normalized spacial score (nSPS) is 18.6. The zero-order valence-electron chi connectivity index (χ0n) is 11.1. The molecule has 0 saturated heterocycles. The molecule has 1 fully saturated rings. The van der Waals surface area contributed by atoms with E-state index < -0.39 is 0 Å². The maximum Gasteiger partial charge on any atom is 0.160 e. The largest absolute Gasteiger partial charge is 0.373 e. The van der Waals surface area contributed by atoms with Crippen LogP contribution in [0.25, 0.3) is 0 Å². The number of nitrogens with one attached hydrogen (secondary N) is 1. The number of aryl methyl sites for hydroxylation is 1. The summed E-state index contributed by atoms with van der Waals surface area (Å²) >= 11 is 0. The summed E-state index contributed by atoms with van der Waals surface area (Å²) in [6, 6.07) is 1.83. The van der Waals surface area contributed by atoms with E-state index in [4.69, 9.17) is 10.6 Å². The summed E-state index contributed by atoms with van der Waals surface area (Å²) in [5, 5.41) is 0. The Morgan fingerprint density at radius 3 is 2.67 bits per heavy atom. The van der Waals surface area contributed by atoms with Gasteiger partial charge in [0.25, 0.3) is 0 Å². The van der Waals surface area contributed by atoms with Gasteiger partial charge in [-0.3, -0.25) is 0 Å². The first-order chi connectivity index (χ1) is 8.74. The Kier molecular flexibility index (Phi) is 4.49. The van der Waals surface area contributed by atoms with Crippen LogP contribution >= 0.6 is 0 Å². The number of hydrazine groups is 1. The van der Waals surface area contributed by atoms with Gasteiger partial charge in [0.15, 0.2) is 5.82 Å². The van der Waals surface area contributed by atoms with Crippen molar-refractivity contribution in [2.75, 3.05) is 12.5 Å². The van der Waals surface area contributed by atoms with Crippen molar-refractivity contribution in [3.63, 3.8) is 0 Å². The van der Waals surface area contributed by atoms with Gasteiger partial charge in [-0.05, 0) is 25.7 Å². The van der Waals surface area contributed by atoms with Crippen molar-refractivity contribution in [2.24, 2.45) is 11.8 Å². The lowest BCUT2D eigenvalue weighted by atomic mass is 9.85. The minimum Gasteiger partial charge on any atom is -0.373 e. The van der Waals surface area contributed by atoms with Gasteiger partial charge in [-0.2, -0.15) is 0 Å². The topological polar surface area (TPSA) is 73.1 Å². The molecule has 1 saturated carbocycles. The molecule has 0 spiro atoms. The molecule has 0 aromatic carbocycles. The van der Waals surface area contributed by atoms with Gasteiger partial charge in [-0.25, -0.2) is 15.8 Å². The summed E-state index contributed by atoms with van der Waals surface area (Å²) in [6.45, 7) is 1.94. The quantitative estimate of drug-likeness (QED) is 0.634. The summed E-state index contributed by atoms with van der Waals surface area (Å²) in [7, 11) is 1.74. The van der Waals surface area contributed by atoms with Gasteiger partial charge in [0, 0.05) is 18.9 Å². The van der Waals surface area contributed by atoms with E-state index in [9.17, 15) is 0 Å². The molecule has 100 valence electrons. The zero-order chi connectivity index (χ0) is 13.0. The first-order valence-corrected chi connectivity index (χ1v) is 6.59. The van der Waals surface area contributed by atoms with Crippen molar-refractivity contribution in [3.05, 3.63) is 17.6 Å². The Hall–Kier alpha value is -1.20. The van der Waals surface area contributed by atoms with Crippen LogP contribution in [0.3, 0.4) is 0 Å². The predicted molar refractivity (Wildman–Crippen MR) is 70.9 cm³/mol. The van der Waals surface area contributed by atoms with Crippen molar-refractivity contribution in [2.45, 2.75) is 45.1 Å². The lowest BCUT2D eigenvalue weighted by Gasteiger charge is -2.28. The molecule has 1 aromatic heterocycles. The highest BCUT2D eigenvalue weighted by Gasteiger charge is 2.27. The van der Waals surface area contributed by atoms with Crippen LogP contribution in [0.1, 0.15) is 49.7 Å². The van der Waals surface area contributed by atoms with Gasteiger partial charge >= 0.3 is 0 Å². The van der Waals surface area contributed by atoms with E-state index in [-0.39, 0.29) is 6.10 Å². The molecule has 1 aliphatic rings. The number of rotatable bonds is 4. The van der Waals surface area contributed by atoms with Crippen molar-refractivity contribution in [1.82, 2.24) is 9.97 Å². The smallest absolute Gasteiger partial charge is 0.160 e. The second-order valence-corrected chi connectivity index (χ2v) is 4.95. The molecule has 18 heavy (non-hydrogen) atoms. The lowest BCUT2D eigenvalue weighted by Crippen LogP contribution is -2.21. The average molecular weight is 250 g/mol. The molecular weight excluding hydrogens is 228 g/mol. The Morgan fingerprint density at radius 2 is 2.06 bits per heavy atom. The van der Waals surface area contributed by atoms with Crippen LogP contribution in [-0.4, -0.2) is 17.1 Å². The van der Waals surface area contributed by atoms with E-state index in [0.717, 1.165) is 11.5 Å². The maximum absolute atomic E-state index is 5.64. The highest BCUT2D eigenvalue weighted by molar-refractivity contribution is 5.34. The van der Waals surface area contributed by atoms with E-state index >= 15 is 0 Å². The number of methoxy groups -OCH3 is 1. The van der Waals surface area contributed by atoms with Crippen LogP contribution in [0.2, 0.25) is 0 Å². The third-order valence-electron chi connectivity index (χ3n) is 3.61. The zero-order valence-corrected chi connectivity index (χ0v) is 11.1. The molecule has 1 unspecified atom stereocenters. The number of aromatic nitrogens is 2. The van der Waals surface area contributed by atoms with Gasteiger partial charge in [-0.1, -0.05) is 19.3 Å². The molecule has 1 aromatic rings. The van der Waals surface area contributed by atoms with E-state index in [1.807, 2.05) is 13.0 Å². The Morgan fingerprint density at radius 1 is 1.33 bits per heavy atom. The summed E-state index contributed by atoms with van der Waals surface area (Å²) in [5.41, 5.74) is 3.49. The number of nitrogens with zero attached hydrogens (tertiary/aromatic N) is 2. The van der Waals surface area contributed by atoms with Gasteiger partial charge in [-0.15, -0.1) is 0 Å². The average Bonchev–Trinajstić information content (AvgIpc) is 2.40. The third kappa shape index (κ3) is 2.97. The molecule has 3 N–H and O–H groups in total. The first-order valence-electron chi connectivity index (χ1n) is 6.59. The van der Waals surface area contributed by atoms with Crippen molar-refractivity contribution in [1.29, 1.82) is 0 Å². The molecule has 0 amide bonds. The molecule has 0 radical (unpaired) electrons. The highest BCUT2D eigenvalue weighted by Crippen LogP contribution is 2.35. The fraction of sp³-hybridized carbons (Fsp3) is 0.692. The van der Waals surface area contributed by atoms with Crippen molar-refractivity contribution < 1.29 is 4.74 Å². The number of nitrogen functional groups attached to an aromatic ring is 1. The third-order valence-corrected chi connectivity index (χ3v) is 3.61. The molecular formula is C13H22N4O. The molecule has 1 heterocycles. The fourth-order valence-electron chi connectivity index (χ4n) is 2.74. The summed E-state index contributed by atoms with van der Waals surface area (Å²) < 4.78 is 5.64. The number of ether oxygens (including phenoxy) is 1. The number of anilines is 1. The van der Waals surface area contributed by atoms with Crippen LogP contribution < -0.4 is 11.3 Å². The second kappa shape index (κ2) is 6.11. The van der Waals surface area contributed by atoms with Crippen molar-refractivity contribution >= 4 is 5.82 Å². The predicted octanol–water partition coefficient (Wildman–Crippen LogP) is 2.34. The Balaban J connectivity index is 2.22. The number of nitrogens with two attached hydrogens (primary N) is 1. The van der Waals surface area contributed by atoms with E-state index in [2.05, 4.69) is 15.4 Å². The van der Waals surface area contributed by atoms with E-state index in [1.165, 1.54) is 32.1 Å². The summed E-state index contributed by atoms with van der Waals surface area (Å²) in [4.78, 5) is 8.92. The molecule has 0 aliphatic heterocycles. The van der Waals surface area contributed by atoms with Crippen molar-refractivity contribution in [3.8, 4) is 0 Å². The van der Waals surface area contributed by atoms with E-state index in [0.29, 0.717) is 11.7 Å². The Labute approximate surface area is 108 Å². The molecule has 0 bridgehead atoms. The number of hydrogen-bond acceptors (Lipinski definition) is 5. The molecule has 1 atom stereocenters. The maximum atomic E-state index is 5.64. The van der Waals surface area contributed by atoms with Gasteiger partial charge < -0.3 is 10.2 Å². The van der Waals surface area contributed by atoms with Gasteiger partial charge in [0.1, 0.15) is 11.9 Å². The van der Waals surface area contributed by atoms with Crippen LogP contribution in [0.15, 0.2) is 6.07 Å². The second-order valence-electron chi connectivity index (χ2n) is 4.95. The first kappa shape index (κ1) is 13.2. The minimum atomic E-state index is -0.0164. The molecule has 2 rings (SSSR count). The highest BCUT2D eigenvalue weighted by atomic mass is 16.5. The minimum absolute atomic E-state index is 0.0164. The standard InChI is InChI=1S/C13H22N4O/c1-9-8-11(17-14)16-13(15-9)12(18-2)10-6-4-3-5-7-10/h8,10,12H,3-7,14H2,1-2H3,(H,15,16,17). The number of hydrogen-bond donors (Lipinski definition) is 2. The van der Waals surface area contributed by atoms with Crippen LogP contribution in [0, 0.1) is 12.8 Å².